The molecular weight excluding hydrogens is 532 g/mol. The fraction of sp³-hybridized carbons (Fsp3) is 0.360. The Hall–Kier alpha value is -2.99. The van der Waals surface area contributed by atoms with Crippen LogP contribution in [-0.2, 0) is 14.6 Å². The zero-order valence-electron chi connectivity index (χ0n) is 19.2. The van der Waals surface area contributed by atoms with Crippen LogP contribution in [0.2, 0.25) is 0 Å². The lowest BCUT2D eigenvalue weighted by molar-refractivity contribution is -0.111. The number of nitrogens with one attached hydrogen (secondary N) is 1. The number of hydrogen-bond donors (Lipinski definition) is 1. The van der Waals surface area contributed by atoms with E-state index in [-0.39, 0.29) is 39.4 Å². The lowest BCUT2D eigenvalue weighted by atomic mass is 9.98. The minimum absolute atomic E-state index is 0.0476. The van der Waals surface area contributed by atoms with Gasteiger partial charge >= 0.3 is 6.61 Å². The van der Waals surface area contributed by atoms with E-state index in [1.165, 1.54) is 48.5 Å². The molecule has 2 aliphatic rings. The molecule has 1 aromatic heterocycles. The highest BCUT2D eigenvalue weighted by atomic mass is 32.2. The van der Waals surface area contributed by atoms with Crippen molar-refractivity contribution in [1.82, 2.24) is 4.98 Å². The number of ether oxygens (including phenoxy) is 1. The molecule has 6 nitrogen and oxygen atoms in total. The molecular formula is C25H22F4N2O4S2. The number of thiazole rings is 1. The van der Waals surface area contributed by atoms with Crippen molar-refractivity contribution in [3.05, 3.63) is 54.1 Å². The Kier molecular flexibility index (Phi) is 6.97. The molecule has 3 atom stereocenters. The first-order valence-electron chi connectivity index (χ1n) is 11.6. The molecule has 2 fully saturated rings. The molecule has 1 unspecified atom stereocenters. The number of carbonyl (C=O) groups excluding carboxylic acids is 1. The van der Waals surface area contributed by atoms with Gasteiger partial charge in [0, 0.05) is 5.57 Å². The number of hydrogen-bond acceptors (Lipinski definition) is 6. The quantitative estimate of drug-likeness (QED) is 0.275. The van der Waals surface area contributed by atoms with Crippen molar-refractivity contribution in [2.75, 3.05) is 5.32 Å². The number of benzene rings is 2. The van der Waals surface area contributed by atoms with Crippen LogP contribution in [0.4, 0.5) is 22.7 Å². The summed E-state index contributed by atoms with van der Waals surface area (Å²) in [7, 11) is -3.42. The molecule has 5 rings (SSSR count). The minimum Gasteiger partial charge on any atom is -0.435 e. The molecule has 0 aliphatic heterocycles. The number of anilines is 1. The van der Waals surface area contributed by atoms with Crippen molar-refractivity contribution in [3.63, 3.8) is 0 Å². The van der Waals surface area contributed by atoms with E-state index in [0.717, 1.165) is 11.3 Å². The van der Waals surface area contributed by atoms with E-state index in [0.29, 0.717) is 28.6 Å². The standard InChI is InChI=1S/C25H22F4N2O4S2/c26-19-10-13(11-20(19)27)9-18(14-1-4-16(5-2-14)37(33,34)17-6-7-17)23(32)31-25-30-21-8-3-15(35-24(28)29)12-22(21)36-25/h1-5,8-9,12-13,17,19-20,24H,6-7,10-11H2,(H,30,31,32)/b18-9+/t13?,19-,20+. The first-order chi connectivity index (χ1) is 17.6. The summed E-state index contributed by atoms with van der Waals surface area (Å²) in [6, 6.07) is 10.1. The van der Waals surface area contributed by atoms with E-state index < -0.39 is 40.6 Å². The minimum atomic E-state index is -3.42. The number of alkyl halides is 4. The maximum Gasteiger partial charge on any atom is 0.387 e. The molecule has 196 valence electrons. The summed E-state index contributed by atoms with van der Waals surface area (Å²) in [5.41, 5.74) is 0.972. The molecule has 0 spiro atoms. The first kappa shape index (κ1) is 25.7. The molecule has 2 aromatic carbocycles. The van der Waals surface area contributed by atoms with E-state index >= 15 is 0 Å². The summed E-state index contributed by atoms with van der Waals surface area (Å²) in [5, 5.41) is 2.47. The molecule has 37 heavy (non-hydrogen) atoms. The summed E-state index contributed by atoms with van der Waals surface area (Å²) in [6.45, 7) is -2.98. The highest BCUT2D eigenvalue weighted by Crippen LogP contribution is 2.36. The van der Waals surface area contributed by atoms with Crippen molar-refractivity contribution in [1.29, 1.82) is 0 Å². The Balaban J connectivity index is 1.42. The average molecular weight is 555 g/mol. The number of fused-ring (bicyclic) bond motifs is 1. The van der Waals surface area contributed by atoms with Gasteiger partial charge in [0.25, 0.3) is 5.91 Å². The number of rotatable bonds is 8. The van der Waals surface area contributed by atoms with Gasteiger partial charge in [-0.2, -0.15) is 8.78 Å². The fourth-order valence-corrected chi connectivity index (χ4v) is 6.89. The lowest BCUT2D eigenvalue weighted by Crippen LogP contribution is -2.15. The lowest BCUT2D eigenvalue weighted by Gasteiger charge is -2.12. The van der Waals surface area contributed by atoms with Gasteiger partial charge in [-0.15, -0.1) is 0 Å². The van der Waals surface area contributed by atoms with Gasteiger partial charge < -0.3 is 4.74 Å². The first-order valence-corrected chi connectivity index (χ1v) is 14.0. The topological polar surface area (TPSA) is 85.4 Å². The SMILES string of the molecule is O=C(Nc1nc2ccc(OC(F)F)cc2s1)/C(=C/C1C[C@@H](F)[C@@H](F)C1)c1ccc(S(=O)(=O)C2CC2)cc1. The number of sulfone groups is 1. The highest BCUT2D eigenvalue weighted by molar-refractivity contribution is 7.92. The molecule has 12 heteroatoms. The van der Waals surface area contributed by atoms with E-state index in [1.807, 2.05) is 0 Å². The van der Waals surface area contributed by atoms with E-state index in [4.69, 9.17) is 0 Å². The number of halogens is 4. The third-order valence-electron chi connectivity index (χ3n) is 6.36. The van der Waals surface area contributed by atoms with Gasteiger partial charge in [-0.05, 0) is 67.5 Å². The van der Waals surface area contributed by atoms with E-state index in [1.54, 1.807) is 0 Å². The monoisotopic (exact) mass is 554 g/mol. The van der Waals surface area contributed by atoms with Crippen LogP contribution in [0, 0.1) is 5.92 Å². The second kappa shape index (κ2) is 10.1. The van der Waals surface area contributed by atoms with Gasteiger partial charge in [0.2, 0.25) is 0 Å². The Labute approximate surface area is 214 Å². The van der Waals surface area contributed by atoms with Gasteiger partial charge in [0.1, 0.15) is 18.1 Å². The average Bonchev–Trinajstić information content (AvgIpc) is 3.56. The van der Waals surface area contributed by atoms with Crippen molar-refractivity contribution in [2.24, 2.45) is 5.92 Å². The summed E-state index contributed by atoms with van der Waals surface area (Å²) in [5.74, 6) is -1.17. The second-order valence-electron chi connectivity index (χ2n) is 9.09. The van der Waals surface area contributed by atoms with Crippen molar-refractivity contribution in [2.45, 2.75) is 54.8 Å². The van der Waals surface area contributed by atoms with Gasteiger partial charge in [-0.1, -0.05) is 29.5 Å². The zero-order chi connectivity index (χ0) is 26.3. The Morgan fingerprint density at radius 1 is 1.08 bits per heavy atom. The molecule has 1 heterocycles. The van der Waals surface area contributed by atoms with Crippen LogP contribution >= 0.6 is 11.3 Å². The van der Waals surface area contributed by atoms with Gasteiger partial charge in [-0.25, -0.2) is 22.2 Å². The maximum atomic E-state index is 13.8. The Morgan fingerprint density at radius 2 is 1.76 bits per heavy atom. The molecule has 1 N–H and O–H groups in total. The predicted octanol–water partition coefficient (Wildman–Crippen LogP) is 5.94. The van der Waals surface area contributed by atoms with Crippen LogP contribution in [0.3, 0.4) is 0 Å². The number of aromatic nitrogens is 1. The van der Waals surface area contributed by atoms with Crippen LogP contribution < -0.4 is 10.1 Å². The molecule has 0 radical (unpaired) electrons. The van der Waals surface area contributed by atoms with Crippen molar-refractivity contribution < 1.29 is 35.5 Å². The molecule has 0 saturated heterocycles. The summed E-state index contributed by atoms with van der Waals surface area (Å²) in [4.78, 5) is 17.8. The second-order valence-corrected chi connectivity index (χ2v) is 12.4. The third-order valence-corrected chi connectivity index (χ3v) is 9.57. The smallest absolute Gasteiger partial charge is 0.387 e. The van der Waals surface area contributed by atoms with Crippen molar-refractivity contribution in [3.8, 4) is 5.75 Å². The highest BCUT2D eigenvalue weighted by Gasteiger charge is 2.37. The molecule has 2 saturated carbocycles. The molecule has 3 aromatic rings. The number of amides is 1. The van der Waals surface area contributed by atoms with Crippen LogP contribution in [0.5, 0.6) is 5.75 Å². The molecule has 1 amide bonds. The summed E-state index contributed by atoms with van der Waals surface area (Å²) >= 11 is 1.04. The largest absolute Gasteiger partial charge is 0.435 e. The van der Waals surface area contributed by atoms with Gasteiger partial charge in [-0.3, -0.25) is 10.1 Å². The van der Waals surface area contributed by atoms with Crippen molar-refractivity contribution >= 4 is 48.0 Å². The number of carbonyl (C=O) groups is 1. The zero-order valence-corrected chi connectivity index (χ0v) is 20.9. The predicted molar refractivity (Wildman–Crippen MR) is 132 cm³/mol. The van der Waals surface area contributed by atoms with E-state index in [2.05, 4.69) is 15.0 Å². The van der Waals surface area contributed by atoms with Crippen LogP contribution in [0.25, 0.3) is 15.8 Å². The van der Waals surface area contributed by atoms with Crippen LogP contribution in [0.15, 0.2) is 53.4 Å². The summed E-state index contributed by atoms with van der Waals surface area (Å²) in [6.07, 6.45) is -0.636. The van der Waals surface area contributed by atoms with Crippen LogP contribution in [-0.4, -0.2) is 43.5 Å². The van der Waals surface area contributed by atoms with E-state index in [9.17, 15) is 30.8 Å². The number of allylic oxidation sites excluding steroid dienone is 1. The maximum absolute atomic E-state index is 13.8. The summed E-state index contributed by atoms with van der Waals surface area (Å²) < 4.78 is 82.7. The van der Waals surface area contributed by atoms with Gasteiger partial charge in [0.15, 0.2) is 15.0 Å². The molecule has 0 bridgehead atoms. The molecule has 2 aliphatic carbocycles. The fourth-order valence-electron chi connectivity index (χ4n) is 4.34. The number of nitrogens with zero attached hydrogens (tertiary/aromatic N) is 1. The van der Waals surface area contributed by atoms with Crippen LogP contribution in [0.1, 0.15) is 31.2 Å². The van der Waals surface area contributed by atoms with Gasteiger partial charge in [0.05, 0.1) is 20.4 Å². The Morgan fingerprint density at radius 3 is 2.38 bits per heavy atom. The Bertz CT molecular complexity index is 1440. The third kappa shape index (κ3) is 5.64. The normalized spacial score (nSPS) is 22.5.